The van der Waals surface area contributed by atoms with Gasteiger partial charge in [0.15, 0.2) is 0 Å². The average Bonchev–Trinajstić information content (AvgIpc) is 3.87. The normalized spacial score (nSPS) is 21.9. The zero-order chi connectivity index (χ0) is 54.6. The van der Waals surface area contributed by atoms with Crippen LogP contribution >= 0.6 is 0 Å². The smallest absolute Gasteiger partial charge is 0.136 e. The molecule has 0 amide bonds. The number of rotatable bonds is 3. The van der Waals surface area contributed by atoms with Crippen LogP contribution < -0.4 is 0 Å². The first kappa shape index (κ1) is 10.3. The number of para-hydroxylation sites is 1. The molecule has 0 atom stereocenters. The van der Waals surface area contributed by atoms with Crippen LogP contribution in [-0.2, 0) is 6.37 Å². The van der Waals surface area contributed by atoms with Crippen molar-refractivity contribution >= 4 is 43.5 Å². The van der Waals surface area contributed by atoms with E-state index >= 15 is 0 Å². The standard InChI is InChI=1S/C45H28O/c1-2-13-33-30(11-1)27-31-12-9-19-32(43(31)33)28-23-25-29(26-24-28)42-34-14-3-5-16-36(34)44(37-17-6-4-15-35(37)42)39-20-10-22-41-45(39)38-18-7-8-21-40(38)46-41/h1-26H,27H2/i1D,2D,3D,4D,5D,6D,7D,8D,9D,10D,11D,12D,13D,14D,15D,16D,17D,18D,19D,20D,21D,22D,23D,24D,25D,26D,27D2. The second-order valence-corrected chi connectivity index (χ2v) is 10.1. The largest absolute Gasteiger partial charge is 0.456 e. The highest BCUT2D eigenvalue weighted by molar-refractivity contribution is 6.25. The molecule has 0 saturated heterocycles. The predicted octanol–water partition coefficient (Wildman–Crippen LogP) is 12.5. The fourth-order valence-electron chi connectivity index (χ4n) is 5.89. The van der Waals surface area contributed by atoms with Crippen molar-refractivity contribution in [1.29, 1.82) is 0 Å². The van der Waals surface area contributed by atoms with E-state index in [4.69, 9.17) is 30.5 Å². The van der Waals surface area contributed by atoms with Crippen LogP contribution in [0.2, 0.25) is 0 Å². The van der Waals surface area contributed by atoms with Gasteiger partial charge < -0.3 is 4.42 Å². The summed E-state index contributed by atoms with van der Waals surface area (Å²) in [6, 6.07) is -24.7. The van der Waals surface area contributed by atoms with Gasteiger partial charge in [-0.05, 0) is 95.6 Å². The van der Waals surface area contributed by atoms with Crippen molar-refractivity contribution in [2.75, 3.05) is 0 Å². The Morgan fingerprint density at radius 2 is 0.913 bits per heavy atom. The number of benzene rings is 8. The van der Waals surface area contributed by atoms with E-state index < -0.39 is 263 Å². The van der Waals surface area contributed by atoms with Crippen molar-refractivity contribution < 1.29 is 42.8 Å². The van der Waals surface area contributed by atoms with Crippen LogP contribution in [0.4, 0.5) is 0 Å². The molecule has 1 aliphatic rings. The molecule has 8 aromatic carbocycles. The minimum atomic E-state index is -2.96. The minimum absolute atomic E-state index is 0.481. The topological polar surface area (TPSA) is 13.1 Å². The summed E-state index contributed by atoms with van der Waals surface area (Å²) in [6.07, 6.45) is -2.96. The van der Waals surface area contributed by atoms with Gasteiger partial charge in [0, 0.05) is 13.5 Å². The Kier molecular flexibility index (Phi) is 2.19. The van der Waals surface area contributed by atoms with Gasteiger partial charge in [0.1, 0.15) is 11.2 Å². The third-order valence-corrected chi connectivity index (χ3v) is 7.76. The van der Waals surface area contributed by atoms with Crippen LogP contribution in [0.3, 0.4) is 0 Å². The molecule has 214 valence electrons. The SMILES string of the molecule is [2H]c1c([2H])c([2H])c2c(c1[2H])-c1c(-c3c([2H])c([2H])c(-c4c5c([2H])c([2H])c([2H])c([2H])c5c(-c5c([2H])c([2H])c([2H])c6oc7c([2H])c([2H])c([2H])c([2H])c7c56)c5c([2H])c([2H])c([2H])c([2H])c45)c([2H])c3[2H])c([2H])c([2H])c([2H])c1C2([2H])[2H]. The fourth-order valence-corrected chi connectivity index (χ4v) is 5.89. The van der Waals surface area contributed by atoms with Gasteiger partial charge in [-0.15, -0.1) is 0 Å². The summed E-state index contributed by atoms with van der Waals surface area (Å²) in [5.74, 6) is 0. The van der Waals surface area contributed by atoms with Crippen LogP contribution in [0.25, 0.3) is 88.0 Å². The Labute approximate surface area is 306 Å². The van der Waals surface area contributed by atoms with E-state index in [9.17, 15) is 12.3 Å². The molecule has 1 nitrogen and oxygen atoms in total. The highest BCUT2D eigenvalue weighted by atomic mass is 16.3. The lowest BCUT2D eigenvalue weighted by Gasteiger charge is -2.18. The van der Waals surface area contributed by atoms with Gasteiger partial charge in [0.25, 0.3) is 0 Å². The van der Waals surface area contributed by atoms with Crippen molar-refractivity contribution in [2.24, 2.45) is 0 Å². The van der Waals surface area contributed by atoms with Crippen molar-refractivity contribution in [2.45, 2.75) is 6.37 Å². The summed E-state index contributed by atoms with van der Waals surface area (Å²) in [7, 11) is 0. The maximum Gasteiger partial charge on any atom is 0.136 e. The van der Waals surface area contributed by atoms with Crippen molar-refractivity contribution in [3.8, 4) is 44.5 Å². The summed E-state index contributed by atoms with van der Waals surface area (Å²) in [4.78, 5) is 0. The quantitative estimate of drug-likeness (QED) is 0.181. The van der Waals surface area contributed by atoms with Gasteiger partial charge in [-0.3, -0.25) is 0 Å². The second kappa shape index (κ2) is 9.79. The van der Waals surface area contributed by atoms with Gasteiger partial charge in [-0.2, -0.15) is 0 Å². The molecule has 10 rings (SSSR count). The maximum absolute atomic E-state index is 9.66. The summed E-state index contributed by atoms with van der Waals surface area (Å²) < 4.78 is 258. The van der Waals surface area contributed by atoms with E-state index in [-0.39, 0.29) is 0 Å². The Morgan fingerprint density at radius 3 is 1.67 bits per heavy atom. The molecular formula is C45H28O. The van der Waals surface area contributed by atoms with Gasteiger partial charge in [-0.1, -0.05) is 145 Å². The van der Waals surface area contributed by atoms with Crippen LogP contribution in [0.15, 0.2) is 162 Å². The average molecular weight is 613 g/mol. The van der Waals surface area contributed by atoms with E-state index in [1.54, 1.807) is 0 Å². The molecular weight excluding hydrogens is 556 g/mol. The number of furan rings is 1. The lowest BCUT2D eigenvalue weighted by molar-refractivity contribution is 0.669. The van der Waals surface area contributed by atoms with E-state index in [0.29, 0.717) is 0 Å². The van der Waals surface area contributed by atoms with Crippen LogP contribution in [0.1, 0.15) is 49.5 Å². The van der Waals surface area contributed by atoms with E-state index in [1.807, 2.05) is 0 Å². The first-order valence-corrected chi connectivity index (χ1v) is 13.7. The van der Waals surface area contributed by atoms with Crippen molar-refractivity contribution in [3.05, 3.63) is 168 Å². The molecule has 0 unspecified atom stereocenters. The van der Waals surface area contributed by atoms with E-state index in [0.717, 1.165) is 0 Å². The lowest BCUT2D eigenvalue weighted by Crippen LogP contribution is -1.91. The molecule has 0 N–H and O–H groups in total. The van der Waals surface area contributed by atoms with Gasteiger partial charge in [0.2, 0.25) is 0 Å². The molecule has 1 aliphatic carbocycles. The van der Waals surface area contributed by atoms with Crippen molar-refractivity contribution in [3.63, 3.8) is 0 Å². The first-order valence-electron chi connectivity index (χ1n) is 27.7. The van der Waals surface area contributed by atoms with Crippen LogP contribution in [0.5, 0.6) is 0 Å². The predicted molar refractivity (Wildman–Crippen MR) is 193 cm³/mol. The molecule has 0 spiro atoms. The third-order valence-electron chi connectivity index (χ3n) is 7.76. The number of hydrogen-bond donors (Lipinski definition) is 0. The highest BCUT2D eigenvalue weighted by Crippen LogP contribution is 2.48. The highest BCUT2D eigenvalue weighted by Gasteiger charge is 2.23. The summed E-state index contributed by atoms with van der Waals surface area (Å²) >= 11 is 0. The summed E-state index contributed by atoms with van der Waals surface area (Å²) in [6.45, 7) is 0. The number of fused-ring (bicyclic) bond motifs is 8. The second-order valence-electron chi connectivity index (χ2n) is 10.1. The Hall–Kier alpha value is -5.92. The van der Waals surface area contributed by atoms with E-state index in [2.05, 4.69) is 0 Å². The van der Waals surface area contributed by atoms with Gasteiger partial charge in [0.05, 0.1) is 35.6 Å². The van der Waals surface area contributed by atoms with E-state index in [1.165, 1.54) is 0 Å². The lowest BCUT2D eigenvalue weighted by atomic mass is 9.84. The van der Waals surface area contributed by atoms with Gasteiger partial charge in [-0.25, -0.2) is 0 Å². The van der Waals surface area contributed by atoms with Gasteiger partial charge >= 0.3 is 0 Å². The fraction of sp³-hybridized carbons (Fsp3) is 0.0222. The van der Waals surface area contributed by atoms with Crippen molar-refractivity contribution in [1.82, 2.24) is 0 Å². The molecule has 9 aromatic rings. The number of hydrogen-bond acceptors (Lipinski definition) is 1. The molecule has 46 heavy (non-hydrogen) atoms. The summed E-state index contributed by atoms with van der Waals surface area (Å²) in [5.41, 5.74) is -8.45. The molecule has 1 heteroatoms. The Bertz CT molecular complexity index is 4120. The minimum Gasteiger partial charge on any atom is -0.456 e. The maximum atomic E-state index is 9.66. The molecule has 0 aliphatic heterocycles. The van der Waals surface area contributed by atoms with Crippen LogP contribution in [0, 0.1) is 0 Å². The molecule has 0 saturated carbocycles. The molecule has 0 fully saturated rings. The molecule has 0 bridgehead atoms. The zero-order valence-corrected chi connectivity index (χ0v) is 22.9. The molecule has 1 aromatic heterocycles. The Morgan fingerprint density at radius 1 is 0.391 bits per heavy atom. The van der Waals surface area contributed by atoms with Crippen LogP contribution in [-0.4, -0.2) is 0 Å². The Balaban J connectivity index is 1.46. The first-order chi connectivity index (χ1) is 34.4. The third kappa shape index (κ3) is 3.63. The molecule has 0 radical (unpaired) electrons. The monoisotopic (exact) mass is 612 g/mol. The summed E-state index contributed by atoms with van der Waals surface area (Å²) in [5, 5.41) is -3.94. The zero-order valence-electron chi connectivity index (χ0n) is 50.9. The molecule has 1 heterocycles.